The number of hydrogen-bond acceptors (Lipinski definition) is 7. The summed E-state index contributed by atoms with van der Waals surface area (Å²) in [6, 6.07) is 5.43. The molecule has 148 valence electrons. The van der Waals surface area contributed by atoms with Crippen molar-refractivity contribution >= 4 is 39.1 Å². The molecule has 0 amide bonds. The van der Waals surface area contributed by atoms with Gasteiger partial charge in [0.05, 0.1) is 15.6 Å². The molecule has 0 N–H and O–H groups in total. The van der Waals surface area contributed by atoms with Gasteiger partial charge in [0.15, 0.2) is 0 Å². The van der Waals surface area contributed by atoms with E-state index < -0.39 is 0 Å². The van der Waals surface area contributed by atoms with Gasteiger partial charge in [-0.3, -0.25) is 4.79 Å². The van der Waals surface area contributed by atoms with Gasteiger partial charge in [-0.15, -0.1) is 10.2 Å². The Morgan fingerprint density at radius 1 is 1.28 bits per heavy atom. The fourth-order valence-corrected chi connectivity index (χ4v) is 4.52. The zero-order chi connectivity index (χ0) is 20.5. The number of ketones is 1. The summed E-state index contributed by atoms with van der Waals surface area (Å²) in [5.41, 5.74) is 4.46. The number of aryl methyl sites for hydroxylation is 1. The molecule has 3 aromatic heterocycles. The number of carbonyl (C=O) groups excluding carboxylic acids is 1. The zero-order valence-corrected chi connectivity index (χ0v) is 17.8. The number of fused-ring (bicyclic) bond motifs is 1. The van der Waals surface area contributed by atoms with Gasteiger partial charge in [-0.25, -0.2) is 9.97 Å². The number of halogens is 1. The number of rotatable bonds is 6. The zero-order valence-electron chi connectivity index (χ0n) is 16.3. The van der Waals surface area contributed by atoms with E-state index in [4.69, 9.17) is 16.0 Å². The van der Waals surface area contributed by atoms with Gasteiger partial charge in [0.2, 0.25) is 12.3 Å². The van der Waals surface area contributed by atoms with Crippen molar-refractivity contribution < 1.29 is 9.21 Å². The van der Waals surface area contributed by atoms with Crippen molar-refractivity contribution in [3.8, 4) is 11.5 Å². The third-order valence-electron chi connectivity index (χ3n) is 4.65. The molecule has 0 bridgehead atoms. The number of hydrogen-bond donors (Lipinski definition) is 0. The van der Waals surface area contributed by atoms with Crippen LogP contribution < -0.4 is 0 Å². The smallest absolute Gasteiger partial charge is 0.248 e. The molecule has 0 spiro atoms. The summed E-state index contributed by atoms with van der Waals surface area (Å²) >= 11 is 7.92. The molecule has 0 saturated carbocycles. The fourth-order valence-electron chi connectivity index (χ4n) is 3.46. The molecule has 4 rings (SSSR count). The predicted octanol–water partition coefficient (Wildman–Crippen LogP) is 5.18. The molecule has 0 fully saturated rings. The lowest BCUT2D eigenvalue weighted by Crippen LogP contribution is -2.10. The van der Waals surface area contributed by atoms with Crippen LogP contribution in [0.1, 0.15) is 41.5 Å². The van der Waals surface area contributed by atoms with Crippen LogP contribution in [0.4, 0.5) is 0 Å². The van der Waals surface area contributed by atoms with Crippen molar-refractivity contribution in [3.63, 3.8) is 0 Å². The highest BCUT2D eigenvalue weighted by atomic mass is 35.5. The Morgan fingerprint density at radius 2 is 2.10 bits per heavy atom. The minimum Gasteiger partial charge on any atom is -0.423 e. The van der Waals surface area contributed by atoms with Crippen molar-refractivity contribution in [2.45, 2.75) is 39.5 Å². The van der Waals surface area contributed by atoms with E-state index in [2.05, 4.69) is 34.0 Å². The Hall–Kier alpha value is -2.64. The molecule has 1 aromatic carbocycles. The summed E-state index contributed by atoms with van der Waals surface area (Å²) in [7, 11) is 0. The first-order valence-electron chi connectivity index (χ1n) is 9.24. The molecular weight excluding hydrogens is 408 g/mol. The lowest BCUT2D eigenvalue weighted by atomic mass is 9.93. The molecule has 0 aliphatic heterocycles. The highest BCUT2D eigenvalue weighted by Gasteiger charge is 2.18. The second-order valence-electron chi connectivity index (χ2n) is 7.19. The average Bonchev–Trinajstić information content (AvgIpc) is 3.30. The molecule has 0 saturated heterocycles. The Kier molecular flexibility index (Phi) is 5.43. The van der Waals surface area contributed by atoms with E-state index in [-0.39, 0.29) is 18.1 Å². The molecular formula is C21H19ClN4O2S. The molecule has 8 heteroatoms. The van der Waals surface area contributed by atoms with Crippen molar-refractivity contribution in [3.05, 3.63) is 57.5 Å². The normalized spacial score (nSPS) is 11.5. The standard InChI is InChI=1S/C21H19ClN4O2S/c1-11(2)18-14(9-23-21-19(18)25-12(3)29-21)8-15(27)6-13-4-5-16(17(22)7-13)20-26-24-10-28-20/h4-5,7,9-11H,6,8H2,1-3H3. The number of pyridine rings is 1. The summed E-state index contributed by atoms with van der Waals surface area (Å²) in [6.45, 7) is 6.21. The molecule has 29 heavy (non-hydrogen) atoms. The lowest BCUT2D eigenvalue weighted by Gasteiger charge is -2.13. The number of Topliss-reactive ketones (excluding diaryl/α,β-unsaturated/α-hetero) is 1. The Labute approximate surface area is 177 Å². The van der Waals surface area contributed by atoms with Crippen molar-refractivity contribution in [1.82, 2.24) is 20.2 Å². The van der Waals surface area contributed by atoms with Crippen LogP contribution in [-0.2, 0) is 17.6 Å². The van der Waals surface area contributed by atoms with Gasteiger partial charge in [-0.05, 0) is 41.7 Å². The molecule has 0 aliphatic carbocycles. The first-order valence-corrected chi connectivity index (χ1v) is 10.4. The van der Waals surface area contributed by atoms with Crippen LogP contribution in [0.15, 0.2) is 35.2 Å². The molecule has 0 aliphatic rings. The Bertz CT molecular complexity index is 1190. The molecule has 6 nitrogen and oxygen atoms in total. The van der Waals surface area contributed by atoms with E-state index in [1.54, 1.807) is 23.5 Å². The minimum atomic E-state index is 0.0987. The first kappa shape index (κ1) is 19.7. The molecule has 0 atom stereocenters. The Balaban J connectivity index is 1.56. The second kappa shape index (κ2) is 8.00. The van der Waals surface area contributed by atoms with Crippen LogP contribution >= 0.6 is 22.9 Å². The number of aromatic nitrogens is 4. The topological polar surface area (TPSA) is 81.8 Å². The number of nitrogens with zero attached hydrogens (tertiary/aromatic N) is 4. The third kappa shape index (κ3) is 4.06. The van der Waals surface area contributed by atoms with Gasteiger partial charge < -0.3 is 4.42 Å². The number of carbonyl (C=O) groups is 1. The Morgan fingerprint density at radius 3 is 2.79 bits per heavy atom. The maximum Gasteiger partial charge on any atom is 0.248 e. The maximum absolute atomic E-state index is 12.8. The summed E-state index contributed by atoms with van der Waals surface area (Å²) in [4.78, 5) is 22.9. The summed E-state index contributed by atoms with van der Waals surface area (Å²) < 4.78 is 5.19. The number of thiazole rings is 1. The van der Waals surface area contributed by atoms with E-state index in [1.807, 2.05) is 19.2 Å². The van der Waals surface area contributed by atoms with Crippen LogP contribution in [0, 0.1) is 6.92 Å². The van der Waals surface area contributed by atoms with Gasteiger partial charge in [0, 0.05) is 19.0 Å². The highest BCUT2D eigenvalue weighted by molar-refractivity contribution is 7.18. The summed E-state index contributed by atoms with van der Waals surface area (Å²) in [6.07, 6.45) is 3.68. The van der Waals surface area contributed by atoms with Gasteiger partial charge in [-0.1, -0.05) is 42.9 Å². The van der Waals surface area contributed by atoms with Crippen LogP contribution in [-0.4, -0.2) is 25.9 Å². The fraction of sp³-hybridized carbons (Fsp3) is 0.286. The monoisotopic (exact) mass is 426 g/mol. The first-order chi connectivity index (χ1) is 13.9. The maximum atomic E-state index is 12.8. The molecule has 3 heterocycles. The van der Waals surface area contributed by atoms with Crippen LogP contribution in [0.3, 0.4) is 0 Å². The van der Waals surface area contributed by atoms with Crippen LogP contribution in [0.2, 0.25) is 5.02 Å². The average molecular weight is 427 g/mol. The molecule has 0 radical (unpaired) electrons. The van der Waals surface area contributed by atoms with E-state index in [9.17, 15) is 4.79 Å². The van der Waals surface area contributed by atoms with Crippen molar-refractivity contribution in [1.29, 1.82) is 0 Å². The minimum absolute atomic E-state index is 0.0987. The predicted molar refractivity (Wildman–Crippen MR) is 113 cm³/mol. The van der Waals surface area contributed by atoms with Crippen LogP contribution in [0.25, 0.3) is 21.8 Å². The van der Waals surface area contributed by atoms with E-state index >= 15 is 0 Å². The molecule has 4 aromatic rings. The quantitative estimate of drug-likeness (QED) is 0.422. The summed E-state index contributed by atoms with van der Waals surface area (Å²) in [5, 5.41) is 8.99. The van der Waals surface area contributed by atoms with Gasteiger partial charge >= 0.3 is 0 Å². The van der Waals surface area contributed by atoms with Crippen molar-refractivity contribution in [2.75, 3.05) is 0 Å². The number of benzene rings is 1. The third-order valence-corrected chi connectivity index (χ3v) is 5.84. The van der Waals surface area contributed by atoms with Gasteiger partial charge in [0.1, 0.15) is 16.1 Å². The van der Waals surface area contributed by atoms with Crippen LogP contribution in [0.5, 0.6) is 0 Å². The second-order valence-corrected chi connectivity index (χ2v) is 8.78. The van der Waals surface area contributed by atoms with Gasteiger partial charge in [0.25, 0.3) is 0 Å². The lowest BCUT2D eigenvalue weighted by molar-refractivity contribution is -0.117. The highest BCUT2D eigenvalue weighted by Crippen LogP contribution is 2.31. The summed E-state index contributed by atoms with van der Waals surface area (Å²) in [5.74, 6) is 0.710. The van der Waals surface area contributed by atoms with E-state index in [0.29, 0.717) is 22.9 Å². The van der Waals surface area contributed by atoms with E-state index in [1.165, 1.54) is 6.39 Å². The largest absolute Gasteiger partial charge is 0.423 e. The SMILES string of the molecule is Cc1nc2c(C(C)C)c(CC(=O)Cc3ccc(-c4nnco4)c(Cl)c3)cnc2s1. The van der Waals surface area contributed by atoms with E-state index in [0.717, 1.165) is 32.0 Å². The van der Waals surface area contributed by atoms with Gasteiger partial charge in [-0.2, -0.15) is 0 Å². The van der Waals surface area contributed by atoms with Crippen molar-refractivity contribution in [2.24, 2.45) is 0 Å². The molecule has 0 unspecified atom stereocenters.